The second kappa shape index (κ2) is 8.86. The second-order valence-corrected chi connectivity index (χ2v) is 9.56. The third kappa shape index (κ3) is 4.42. The van der Waals surface area contributed by atoms with Gasteiger partial charge >= 0.3 is 0 Å². The molecule has 3 aromatic heterocycles. The van der Waals surface area contributed by atoms with E-state index < -0.39 is 0 Å². The molecule has 0 saturated carbocycles. The van der Waals surface area contributed by atoms with Crippen molar-refractivity contribution in [3.63, 3.8) is 0 Å². The van der Waals surface area contributed by atoms with Crippen molar-refractivity contribution in [2.24, 2.45) is 0 Å². The van der Waals surface area contributed by atoms with Gasteiger partial charge < -0.3 is 5.32 Å². The third-order valence-electron chi connectivity index (χ3n) is 5.88. The summed E-state index contributed by atoms with van der Waals surface area (Å²) >= 11 is 1.82. The molecule has 30 heavy (non-hydrogen) atoms. The second-order valence-electron chi connectivity index (χ2n) is 8.53. The molecule has 1 aliphatic heterocycles. The van der Waals surface area contributed by atoms with Gasteiger partial charge in [-0.15, -0.1) is 11.3 Å². The molecule has 4 heterocycles. The van der Waals surface area contributed by atoms with Crippen LogP contribution in [0.25, 0.3) is 5.65 Å². The molecule has 1 atom stereocenters. The lowest BCUT2D eigenvalue weighted by Gasteiger charge is -2.22. The predicted molar refractivity (Wildman–Crippen MR) is 121 cm³/mol. The summed E-state index contributed by atoms with van der Waals surface area (Å²) in [6.45, 7) is 10.2. The van der Waals surface area contributed by atoms with E-state index in [1.807, 2.05) is 36.6 Å². The number of carbonyl (C=O) groups is 1. The van der Waals surface area contributed by atoms with Crippen LogP contribution < -0.4 is 5.32 Å². The van der Waals surface area contributed by atoms with Crippen LogP contribution in [0, 0.1) is 13.8 Å². The van der Waals surface area contributed by atoms with Gasteiger partial charge in [0, 0.05) is 41.3 Å². The van der Waals surface area contributed by atoms with Crippen molar-refractivity contribution in [2.45, 2.75) is 72.0 Å². The number of carbonyl (C=O) groups excluding carboxylic acids is 1. The molecule has 0 spiro atoms. The summed E-state index contributed by atoms with van der Waals surface area (Å²) in [5.74, 6) is 0.0835. The van der Waals surface area contributed by atoms with E-state index in [-0.39, 0.29) is 11.9 Å². The summed E-state index contributed by atoms with van der Waals surface area (Å²) in [7, 11) is 0. The lowest BCUT2D eigenvalue weighted by atomic mass is 10.1. The number of likely N-dealkylation sites (tertiary alicyclic amines) is 1. The van der Waals surface area contributed by atoms with Crippen LogP contribution in [0.2, 0.25) is 0 Å². The fourth-order valence-electron chi connectivity index (χ4n) is 4.45. The molecule has 160 valence electrons. The number of nitrogens with zero attached hydrogens (tertiary/aromatic N) is 4. The molecule has 4 rings (SSSR count). The Balaban J connectivity index is 1.56. The Morgan fingerprint density at radius 3 is 2.93 bits per heavy atom. The average Bonchev–Trinajstić information content (AvgIpc) is 3.42. The van der Waals surface area contributed by atoms with E-state index in [0.29, 0.717) is 18.9 Å². The standard InChI is InChI=1S/C23H31N5OS/c1-15(2)24-23(29)10-9-19-16(3)25-22-13-20(26-28(22)17(19)4)21-8-5-11-27(21)14-18-7-6-12-30-18/h6-7,12-13,15,21H,5,8-11,14H2,1-4H3,(H,24,29)/t21-/m0/s1. The molecule has 0 aliphatic carbocycles. The first-order chi connectivity index (χ1) is 14.4. The number of rotatable bonds is 7. The maximum absolute atomic E-state index is 12.1. The smallest absolute Gasteiger partial charge is 0.220 e. The molecule has 7 heteroatoms. The maximum atomic E-state index is 12.1. The Morgan fingerprint density at radius 2 is 2.20 bits per heavy atom. The van der Waals surface area contributed by atoms with Gasteiger partial charge in [-0.05, 0) is 70.5 Å². The minimum absolute atomic E-state index is 0.0835. The number of amides is 1. The molecular weight excluding hydrogens is 394 g/mol. The minimum atomic E-state index is 0.0835. The first-order valence-corrected chi connectivity index (χ1v) is 11.7. The minimum Gasteiger partial charge on any atom is -0.354 e. The van der Waals surface area contributed by atoms with E-state index >= 15 is 0 Å². The Bertz CT molecular complexity index is 1020. The van der Waals surface area contributed by atoms with Crippen molar-refractivity contribution < 1.29 is 4.79 Å². The SMILES string of the molecule is Cc1nc2cc([C@@H]3CCCN3Cc3cccs3)nn2c(C)c1CCC(=O)NC(C)C. The van der Waals surface area contributed by atoms with E-state index in [4.69, 9.17) is 10.1 Å². The van der Waals surface area contributed by atoms with E-state index in [1.54, 1.807) is 0 Å². The van der Waals surface area contributed by atoms with Crippen molar-refractivity contribution in [3.05, 3.63) is 51.1 Å². The fourth-order valence-corrected chi connectivity index (χ4v) is 5.18. The van der Waals surface area contributed by atoms with Crippen molar-refractivity contribution in [2.75, 3.05) is 6.54 Å². The van der Waals surface area contributed by atoms with Crippen LogP contribution >= 0.6 is 11.3 Å². The zero-order chi connectivity index (χ0) is 21.3. The molecule has 6 nitrogen and oxygen atoms in total. The topological polar surface area (TPSA) is 62.5 Å². The number of aryl methyl sites for hydroxylation is 2. The van der Waals surface area contributed by atoms with Crippen LogP contribution in [0.3, 0.4) is 0 Å². The molecule has 1 N–H and O–H groups in total. The van der Waals surface area contributed by atoms with Gasteiger partial charge in [0.1, 0.15) is 0 Å². The van der Waals surface area contributed by atoms with Crippen LogP contribution in [0.15, 0.2) is 23.6 Å². The summed E-state index contributed by atoms with van der Waals surface area (Å²) in [4.78, 5) is 20.9. The van der Waals surface area contributed by atoms with Gasteiger partial charge in [-0.25, -0.2) is 9.50 Å². The number of hydrogen-bond acceptors (Lipinski definition) is 5. The van der Waals surface area contributed by atoms with Crippen molar-refractivity contribution in [1.82, 2.24) is 24.8 Å². The maximum Gasteiger partial charge on any atom is 0.220 e. The monoisotopic (exact) mass is 425 g/mol. The number of thiophene rings is 1. The van der Waals surface area contributed by atoms with Gasteiger partial charge in [0.25, 0.3) is 0 Å². The van der Waals surface area contributed by atoms with Crippen LogP contribution in [0.5, 0.6) is 0 Å². The zero-order valence-corrected chi connectivity index (χ0v) is 19.1. The van der Waals surface area contributed by atoms with Crippen LogP contribution in [0.4, 0.5) is 0 Å². The highest BCUT2D eigenvalue weighted by Crippen LogP contribution is 2.33. The third-order valence-corrected chi connectivity index (χ3v) is 6.74. The summed E-state index contributed by atoms with van der Waals surface area (Å²) in [5.41, 5.74) is 5.21. The molecule has 1 fully saturated rings. The van der Waals surface area contributed by atoms with E-state index in [9.17, 15) is 4.79 Å². The first kappa shape index (κ1) is 21.0. The number of hydrogen-bond donors (Lipinski definition) is 1. The number of aromatic nitrogens is 3. The first-order valence-electron chi connectivity index (χ1n) is 10.8. The van der Waals surface area contributed by atoms with Crippen LogP contribution in [-0.2, 0) is 17.8 Å². The van der Waals surface area contributed by atoms with E-state index in [1.165, 1.54) is 11.3 Å². The van der Waals surface area contributed by atoms with Gasteiger partial charge in [-0.2, -0.15) is 5.10 Å². The lowest BCUT2D eigenvalue weighted by Crippen LogP contribution is -2.30. The Labute approximate surface area is 182 Å². The zero-order valence-electron chi connectivity index (χ0n) is 18.3. The van der Waals surface area contributed by atoms with Crippen LogP contribution in [-0.4, -0.2) is 38.0 Å². The van der Waals surface area contributed by atoms with Gasteiger partial charge in [0.05, 0.1) is 11.7 Å². The van der Waals surface area contributed by atoms with Gasteiger partial charge in [0.2, 0.25) is 5.91 Å². The summed E-state index contributed by atoms with van der Waals surface area (Å²) < 4.78 is 1.97. The molecule has 0 bridgehead atoms. The average molecular weight is 426 g/mol. The normalized spacial score (nSPS) is 17.3. The molecule has 3 aromatic rings. The largest absolute Gasteiger partial charge is 0.354 e. The highest BCUT2D eigenvalue weighted by Gasteiger charge is 2.29. The van der Waals surface area contributed by atoms with Gasteiger partial charge in [0.15, 0.2) is 5.65 Å². The molecule has 0 aromatic carbocycles. The molecule has 0 radical (unpaired) electrons. The van der Waals surface area contributed by atoms with Crippen molar-refractivity contribution in [1.29, 1.82) is 0 Å². The molecule has 1 aliphatic rings. The van der Waals surface area contributed by atoms with Gasteiger partial charge in [-0.3, -0.25) is 9.69 Å². The fraction of sp³-hybridized carbons (Fsp3) is 0.522. The summed E-state index contributed by atoms with van der Waals surface area (Å²) in [6, 6.07) is 6.98. The van der Waals surface area contributed by atoms with Gasteiger partial charge in [-0.1, -0.05) is 6.07 Å². The predicted octanol–water partition coefficient (Wildman–Crippen LogP) is 4.20. The Hall–Kier alpha value is -2.25. The van der Waals surface area contributed by atoms with Crippen molar-refractivity contribution in [3.8, 4) is 0 Å². The lowest BCUT2D eigenvalue weighted by molar-refractivity contribution is -0.121. The molecule has 1 saturated heterocycles. The molecule has 0 unspecified atom stereocenters. The molecule has 1 amide bonds. The molecular formula is C23H31N5OS. The number of nitrogens with one attached hydrogen (secondary N) is 1. The van der Waals surface area contributed by atoms with Crippen LogP contribution in [0.1, 0.15) is 66.7 Å². The highest BCUT2D eigenvalue weighted by atomic mass is 32.1. The van der Waals surface area contributed by atoms with Crippen molar-refractivity contribution >= 4 is 22.9 Å². The Morgan fingerprint density at radius 1 is 1.37 bits per heavy atom. The Kier molecular flexibility index (Phi) is 6.20. The van der Waals surface area contributed by atoms with E-state index in [0.717, 1.165) is 47.8 Å². The highest BCUT2D eigenvalue weighted by molar-refractivity contribution is 7.09. The summed E-state index contributed by atoms with van der Waals surface area (Å²) in [6.07, 6.45) is 3.49. The van der Waals surface area contributed by atoms with E-state index in [2.05, 4.69) is 40.7 Å². The number of fused-ring (bicyclic) bond motifs is 1. The quantitative estimate of drug-likeness (QED) is 0.616. The summed E-state index contributed by atoms with van der Waals surface area (Å²) in [5, 5.41) is 10.1.